The van der Waals surface area contributed by atoms with E-state index in [1.807, 2.05) is 6.07 Å². The molecule has 9 heteroatoms. The highest BCUT2D eigenvalue weighted by molar-refractivity contribution is 5.74. The number of pyridine rings is 1. The van der Waals surface area contributed by atoms with Crippen molar-refractivity contribution in [2.75, 3.05) is 10.7 Å². The SMILES string of the molecule is Cc1cncc(-n2c(=O)c(N(N)c3ccccc3N)c(C)n([C@H](C)C#N)c2=O)c1. The molecule has 29 heavy (non-hydrogen) atoms. The van der Waals surface area contributed by atoms with Crippen LogP contribution in [-0.4, -0.2) is 14.1 Å². The Morgan fingerprint density at radius 1 is 1.21 bits per heavy atom. The van der Waals surface area contributed by atoms with Crippen molar-refractivity contribution >= 4 is 17.1 Å². The Hall–Kier alpha value is -3.90. The largest absolute Gasteiger partial charge is 0.397 e. The van der Waals surface area contributed by atoms with Crippen LogP contribution in [0, 0.1) is 25.2 Å². The molecule has 9 nitrogen and oxygen atoms in total. The average Bonchev–Trinajstić information content (AvgIpc) is 2.68. The van der Waals surface area contributed by atoms with E-state index >= 15 is 0 Å². The van der Waals surface area contributed by atoms with Gasteiger partial charge in [-0.05, 0) is 44.5 Å². The van der Waals surface area contributed by atoms with Gasteiger partial charge >= 0.3 is 5.69 Å². The average molecular weight is 391 g/mol. The number of hydrazine groups is 1. The Labute approximate surface area is 167 Å². The van der Waals surface area contributed by atoms with E-state index in [1.165, 1.54) is 10.8 Å². The molecule has 0 saturated heterocycles. The number of hydrogen-bond acceptors (Lipinski definition) is 7. The second kappa shape index (κ2) is 7.61. The summed E-state index contributed by atoms with van der Waals surface area (Å²) < 4.78 is 2.20. The van der Waals surface area contributed by atoms with E-state index < -0.39 is 17.3 Å². The van der Waals surface area contributed by atoms with Crippen molar-refractivity contribution < 1.29 is 0 Å². The second-order valence-electron chi connectivity index (χ2n) is 6.68. The second-order valence-corrected chi connectivity index (χ2v) is 6.68. The fourth-order valence-electron chi connectivity index (χ4n) is 3.22. The summed E-state index contributed by atoms with van der Waals surface area (Å²) in [7, 11) is 0. The molecule has 3 rings (SSSR count). The van der Waals surface area contributed by atoms with E-state index in [4.69, 9.17) is 11.6 Å². The third-order valence-corrected chi connectivity index (χ3v) is 4.64. The van der Waals surface area contributed by atoms with Crippen LogP contribution in [0.2, 0.25) is 0 Å². The van der Waals surface area contributed by atoms with Crippen LogP contribution < -0.4 is 27.8 Å². The highest BCUT2D eigenvalue weighted by Crippen LogP contribution is 2.27. The summed E-state index contributed by atoms with van der Waals surface area (Å²) in [4.78, 5) is 30.6. The van der Waals surface area contributed by atoms with Crippen molar-refractivity contribution in [2.24, 2.45) is 5.84 Å². The van der Waals surface area contributed by atoms with Gasteiger partial charge in [0.2, 0.25) is 0 Å². The molecule has 0 aliphatic carbocycles. The number of anilines is 3. The van der Waals surface area contributed by atoms with Gasteiger partial charge in [-0.1, -0.05) is 12.1 Å². The Bertz CT molecular complexity index is 1240. The van der Waals surface area contributed by atoms with Gasteiger partial charge in [-0.25, -0.2) is 15.2 Å². The predicted molar refractivity (Wildman–Crippen MR) is 111 cm³/mol. The molecule has 1 aromatic carbocycles. The maximum Gasteiger partial charge on any atom is 0.337 e. The van der Waals surface area contributed by atoms with Crippen LogP contribution in [-0.2, 0) is 0 Å². The monoisotopic (exact) mass is 391 g/mol. The molecule has 2 heterocycles. The van der Waals surface area contributed by atoms with E-state index in [1.54, 1.807) is 57.3 Å². The van der Waals surface area contributed by atoms with Crippen LogP contribution in [0.4, 0.5) is 17.1 Å². The van der Waals surface area contributed by atoms with Gasteiger partial charge in [0.25, 0.3) is 5.56 Å². The zero-order valence-corrected chi connectivity index (χ0v) is 16.3. The first kappa shape index (κ1) is 19.9. The molecule has 148 valence electrons. The molecule has 0 fully saturated rings. The summed E-state index contributed by atoms with van der Waals surface area (Å²) in [5.74, 6) is 6.28. The molecule has 0 radical (unpaired) electrons. The van der Waals surface area contributed by atoms with Crippen LogP contribution in [0.3, 0.4) is 0 Å². The number of para-hydroxylation sites is 2. The first-order chi connectivity index (χ1) is 13.8. The van der Waals surface area contributed by atoms with Crippen molar-refractivity contribution in [3.05, 3.63) is 74.8 Å². The number of nitrogen functional groups attached to an aromatic ring is 1. The minimum atomic E-state index is -0.826. The van der Waals surface area contributed by atoms with Crippen molar-refractivity contribution in [3.63, 3.8) is 0 Å². The third-order valence-electron chi connectivity index (χ3n) is 4.64. The number of nitriles is 1. The lowest BCUT2D eigenvalue weighted by atomic mass is 10.2. The topological polar surface area (TPSA) is 136 Å². The quantitative estimate of drug-likeness (QED) is 0.392. The highest BCUT2D eigenvalue weighted by atomic mass is 16.2. The molecule has 4 N–H and O–H groups in total. The van der Waals surface area contributed by atoms with Gasteiger partial charge in [0.05, 0.1) is 35.0 Å². The first-order valence-corrected chi connectivity index (χ1v) is 8.87. The standard InChI is InChI=1S/C20H21N7O2/c1-12-8-15(11-24-10-12)26-19(28)18(14(3)25(20(26)29)13(2)9-21)27(23)17-7-5-4-6-16(17)22/h4-8,10-11,13H,22-23H2,1-3H3/t13-/m1/s1. The van der Waals surface area contributed by atoms with Crippen molar-refractivity contribution in [1.29, 1.82) is 5.26 Å². The molecule has 0 saturated carbocycles. The Morgan fingerprint density at radius 2 is 1.90 bits per heavy atom. The molecule has 0 unspecified atom stereocenters. The zero-order chi connectivity index (χ0) is 21.3. The van der Waals surface area contributed by atoms with E-state index in [2.05, 4.69) is 4.98 Å². The third kappa shape index (κ3) is 3.37. The van der Waals surface area contributed by atoms with E-state index in [-0.39, 0.29) is 17.1 Å². The van der Waals surface area contributed by atoms with E-state index in [0.717, 1.165) is 15.1 Å². The Morgan fingerprint density at radius 3 is 2.52 bits per heavy atom. The summed E-state index contributed by atoms with van der Waals surface area (Å²) in [6, 6.07) is 9.67. The van der Waals surface area contributed by atoms with Gasteiger partial charge in [0, 0.05) is 6.20 Å². The van der Waals surface area contributed by atoms with Gasteiger partial charge in [-0.3, -0.25) is 19.4 Å². The fourth-order valence-corrected chi connectivity index (χ4v) is 3.22. The molecular weight excluding hydrogens is 370 g/mol. The number of aryl methyl sites for hydroxylation is 1. The number of nitrogens with zero attached hydrogens (tertiary/aromatic N) is 5. The maximum absolute atomic E-state index is 13.4. The smallest absolute Gasteiger partial charge is 0.337 e. The van der Waals surface area contributed by atoms with Gasteiger partial charge in [-0.15, -0.1) is 0 Å². The molecule has 0 aliphatic heterocycles. The van der Waals surface area contributed by atoms with Crippen molar-refractivity contribution in [2.45, 2.75) is 26.8 Å². The van der Waals surface area contributed by atoms with E-state index in [0.29, 0.717) is 11.4 Å². The number of hydrogen-bond donors (Lipinski definition) is 2. The number of rotatable bonds is 4. The van der Waals surface area contributed by atoms with Crippen LogP contribution in [0.1, 0.15) is 24.2 Å². The van der Waals surface area contributed by atoms with Gasteiger partial charge in [0.1, 0.15) is 11.7 Å². The highest BCUT2D eigenvalue weighted by Gasteiger charge is 2.24. The summed E-state index contributed by atoms with van der Waals surface area (Å²) >= 11 is 0. The molecular formula is C20H21N7O2. The van der Waals surface area contributed by atoms with Crippen molar-refractivity contribution in [1.82, 2.24) is 14.1 Å². The summed E-state index contributed by atoms with van der Waals surface area (Å²) in [6.07, 6.45) is 3.02. The number of nitrogens with two attached hydrogens (primary N) is 2. The number of aromatic nitrogens is 3. The van der Waals surface area contributed by atoms with Gasteiger partial charge in [0.15, 0.2) is 0 Å². The van der Waals surface area contributed by atoms with Crippen LogP contribution in [0.15, 0.2) is 52.3 Å². The lowest BCUT2D eigenvalue weighted by Crippen LogP contribution is -2.45. The van der Waals surface area contributed by atoms with E-state index in [9.17, 15) is 14.9 Å². The lowest BCUT2D eigenvalue weighted by Gasteiger charge is -2.25. The molecule has 2 aromatic heterocycles. The fraction of sp³-hybridized carbons (Fsp3) is 0.200. The van der Waals surface area contributed by atoms with Crippen LogP contribution in [0.25, 0.3) is 5.69 Å². The van der Waals surface area contributed by atoms with Crippen molar-refractivity contribution in [3.8, 4) is 11.8 Å². The lowest BCUT2D eigenvalue weighted by molar-refractivity contribution is 0.582. The maximum atomic E-state index is 13.4. The minimum absolute atomic E-state index is 0.0334. The summed E-state index contributed by atoms with van der Waals surface area (Å²) in [5.41, 5.74) is 6.86. The Balaban J connectivity index is 2.42. The molecule has 0 aliphatic rings. The Kier molecular flexibility index (Phi) is 5.21. The number of benzene rings is 1. The molecule has 0 spiro atoms. The van der Waals surface area contributed by atoms with Gasteiger partial charge in [-0.2, -0.15) is 5.26 Å². The molecule has 0 amide bonds. The van der Waals surface area contributed by atoms with Crippen LogP contribution in [0.5, 0.6) is 0 Å². The zero-order valence-electron chi connectivity index (χ0n) is 16.3. The predicted octanol–water partition coefficient (Wildman–Crippen LogP) is 1.69. The normalized spacial score (nSPS) is 11.7. The molecule has 0 bridgehead atoms. The van der Waals surface area contributed by atoms with Crippen LogP contribution >= 0.6 is 0 Å². The molecule has 1 atom stereocenters. The molecule has 3 aromatic rings. The minimum Gasteiger partial charge on any atom is -0.397 e. The summed E-state index contributed by atoms with van der Waals surface area (Å²) in [6.45, 7) is 4.94. The van der Waals surface area contributed by atoms with Gasteiger partial charge < -0.3 is 5.73 Å². The summed E-state index contributed by atoms with van der Waals surface area (Å²) in [5, 5.41) is 10.6. The first-order valence-electron chi connectivity index (χ1n) is 8.87.